The molecule has 1 nitrogen and oxygen atoms in total. The molecule has 2 heteroatoms. The van der Waals surface area contributed by atoms with E-state index < -0.39 is 0 Å². The van der Waals surface area contributed by atoms with Crippen LogP contribution < -0.4 is 5.32 Å². The molecule has 18 heavy (non-hydrogen) atoms. The van der Waals surface area contributed by atoms with Crippen molar-refractivity contribution in [1.82, 2.24) is 5.32 Å². The molecule has 0 spiro atoms. The first-order valence-corrected chi connectivity index (χ1v) is 8.15. The Morgan fingerprint density at radius 1 is 1.28 bits per heavy atom. The van der Waals surface area contributed by atoms with Gasteiger partial charge in [-0.15, -0.1) is 0 Å². The Labute approximate surface area is 117 Å². The summed E-state index contributed by atoms with van der Waals surface area (Å²) in [7, 11) is 0. The lowest BCUT2D eigenvalue weighted by molar-refractivity contribution is 0.434. The lowest BCUT2D eigenvalue weighted by atomic mass is 10.1. The van der Waals surface area contributed by atoms with Gasteiger partial charge in [0.2, 0.25) is 0 Å². The topological polar surface area (TPSA) is 12.0 Å². The van der Waals surface area contributed by atoms with Crippen molar-refractivity contribution in [1.29, 1.82) is 0 Å². The van der Waals surface area contributed by atoms with Crippen molar-refractivity contribution in [2.24, 2.45) is 5.92 Å². The molecular formula is C16H27NS. The largest absolute Gasteiger partial charge is 0.313 e. The summed E-state index contributed by atoms with van der Waals surface area (Å²) in [6.07, 6.45) is 1.21. The molecule has 1 aromatic rings. The molecule has 0 saturated heterocycles. The fourth-order valence-corrected chi connectivity index (χ4v) is 3.21. The van der Waals surface area contributed by atoms with Crippen LogP contribution >= 0.6 is 11.8 Å². The third-order valence-electron chi connectivity index (χ3n) is 3.11. The Bertz CT molecular complexity index is 336. The second-order valence-corrected chi connectivity index (χ2v) is 6.34. The van der Waals surface area contributed by atoms with E-state index >= 15 is 0 Å². The first-order chi connectivity index (χ1) is 8.63. The summed E-state index contributed by atoms with van der Waals surface area (Å²) < 4.78 is 0. The van der Waals surface area contributed by atoms with Crippen molar-refractivity contribution in [2.75, 3.05) is 12.3 Å². The number of hydrogen-bond donors (Lipinski definition) is 1. The van der Waals surface area contributed by atoms with Gasteiger partial charge in [0.05, 0.1) is 0 Å². The number of nitrogens with one attached hydrogen (secondary N) is 1. The maximum atomic E-state index is 3.65. The van der Waals surface area contributed by atoms with Gasteiger partial charge in [0.25, 0.3) is 0 Å². The molecule has 0 aliphatic carbocycles. The number of hydrogen-bond acceptors (Lipinski definition) is 2. The smallest absolute Gasteiger partial charge is 0.0185 e. The van der Waals surface area contributed by atoms with Crippen molar-refractivity contribution in [2.45, 2.75) is 45.9 Å². The van der Waals surface area contributed by atoms with Crippen LogP contribution in [0.15, 0.2) is 24.3 Å². The second kappa shape index (κ2) is 8.60. The lowest BCUT2D eigenvalue weighted by Gasteiger charge is -2.22. The molecule has 1 N–H and O–H groups in total. The van der Waals surface area contributed by atoms with E-state index in [2.05, 4.69) is 57.3 Å². The van der Waals surface area contributed by atoms with Crippen LogP contribution in [-0.2, 0) is 5.75 Å². The molecule has 0 radical (unpaired) electrons. The predicted molar refractivity (Wildman–Crippen MR) is 84.3 cm³/mol. The molecule has 102 valence electrons. The maximum Gasteiger partial charge on any atom is 0.0185 e. The van der Waals surface area contributed by atoms with Crippen LogP contribution in [0.25, 0.3) is 0 Å². The van der Waals surface area contributed by atoms with Gasteiger partial charge in [-0.3, -0.25) is 0 Å². The summed E-state index contributed by atoms with van der Waals surface area (Å²) in [6.45, 7) is 10.1. The zero-order valence-electron chi connectivity index (χ0n) is 12.2. The highest BCUT2D eigenvalue weighted by atomic mass is 32.2. The highest BCUT2D eigenvalue weighted by molar-refractivity contribution is 7.98. The van der Waals surface area contributed by atoms with E-state index in [1.165, 1.54) is 23.3 Å². The Balaban J connectivity index is 2.34. The van der Waals surface area contributed by atoms with Gasteiger partial charge in [-0.05, 0) is 31.4 Å². The molecule has 0 heterocycles. The molecule has 1 aromatic carbocycles. The van der Waals surface area contributed by atoms with E-state index in [0.717, 1.165) is 12.3 Å². The van der Waals surface area contributed by atoms with E-state index in [1.807, 2.05) is 11.8 Å². The van der Waals surface area contributed by atoms with Crippen LogP contribution in [0.5, 0.6) is 0 Å². The van der Waals surface area contributed by atoms with E-state index in [0.29, 0.717) is 12.0 Å². The minimum Gasteiger partial charge on any atom is -0.313 e. The zero-order valence-corrected chi connectivity index (χ0v) is 13.0. The minimum atomic E-state index is 0.639. The fourth-order valence-electron chi connectivity index (χ4n) is 1.92. The van der Waals surface area contributed by atoms with E-state index in [1.54, 1.807) is 0 Å². The molecule has 1 atom stereocenters. The van der Waals surface area contributed by atoms with Gasteiger partial charge in [0.1, 0.15) is 0 Å². The average Bonchev–Trinajstić information content (AvgIpc) is 2.33. The van der Waals surface area contributed by atoms with Crippen molar-refractivity contribution in [3.8, 4) is 0 Å². The molecule has 0 amide bonds. The monoisotopic (exact) mass is 265 g/mol. The number of benzene rings is 1. The second-order valence-electron chi connectivity index (χ2n) is 5.31. The van der Waals surface area contributed by atoms with Gasteiger partial charge in [-0.25, -0.2) is 0 Å². The van der Waals surface area contributed by atoms with Gasteiger partial charge in [-0.2, -0.15) is 11.8 Å². The molecule has 0 aliphatic rings. The Kier molecular flexibility index (Phi) is 7.45. The van der Waals surface area contributed by atoms with E-state index in [9.17, 15) is 0 Å². The highest BCUT2D eigenvalue weighted by Gasteiger charge is 2.11. The third-order valence-corrected chi connectivity index (χ3v) is 4.24. The molecule has 0 aromatic heterocycles. The molecule has 0 fully saturated rings. The predicted octanol–water partition coefficient (Wildman–Crippen LogP) is 4.25. The molecule has 0 saturated carbocycles. The zero-order chi connectivity index (χ0) is 13.4. The Hall–Kier alpha value is -0.470. The van der Waals surface area contributed by atoms with Crippen molar-refractivity contribution < 1.29 is 0 Å². The van der Waals surface area contributed by atoms with Crippen LogP contribution in [0.2, 0.25) is 0 Å². The minimum absolute atomic E-state index is 0.639. The summed E-state index contributed by atoms with van der Waals surface area (Å²) in [5, 5.41) is 3.65. The number of thioether (sulfide) groups is 1. The van der Waals surface area contributed by atoms with E-state index in [-0.39, 0.29) is 0 Å². The highest BCUT2D eigenvalue weighted by Crippen LogP contribution is 2.17. The molecular weight excluding hydrogens is 238 g/mol. The van der Waals surface area contributed by atoms with Crippen LogP contribution in [0.4, 0.5) is 0 Å². The van der Waals surface area contributed by atoms with Crippen LogP contribution in [-0.4, -0.2) is 18.3 Å². The number of rotatable bonds is 8. The standard InChI is InChI=1S/C16H27NS/c1-5-9-17-16(13(2)3)12-18-11-15-8-6-7-14(4)10-15/h6-8,10,13,16-17H,5,9,11-12H2,1-4H3. The first-order valence-electron chi connectivity index (χ1n) is 7.00. The summed E-state index contributed by atoms with van der Waals surface area (Å²) in [6, 6.07) is 9.47. The van der Waals surface area contributed by atoms with Crippen molar-refractivity contribution >= 4 is 11.8 Å². The van der Waals surface area contributed by atoms with Gasteiger partial charge in [0, 0.05) is 17.5 Å². The van der Waals surface area contributed by atoms with Crippen LogP contribution in [0.3, 0.4) is 0 Å². The van der Waals surface area contributed by atoms with Gasteiger partial charge in [0.15, 0.2) is 0 Å². The molecule has 0 aliphatic heterocycles. The summed E-state index contributed by atoms with van der Waals surface area (Å²) >= 11 is 2.04. The Morgan fingerprint density at radius 3 is 2.67 bits per heavy atom. The first kappa shape index (κ1) is 15.6. The fraction of sp³-hybridized carbons (Fsp3) is 0.625. The maximum absolute atomic E-state index is 3.65. The summed E-state index contributed by atoms with van der Waals surface area (Å²) in [4.78, 5) is 0. The third kappa shape index (κ3) is 5.92. The lowest BCUT2D eigenvalue weighted by Crippen LogP contribution is -2.36. The average molecular weight is 265 g/mol. The molecule has 0 bridgehead atoms. The van der Waals surface area contributed by atoms with Crippen molar-refractivity contribution in [3.05, 3.63) is 35.4 Å². The SMILES string of the molecule is CCCNC(CSCc1cccc(C)c1)C(C)C. The van der Waals surface area contributed by atoms with E-state index in [4.69, 9.17) is 0 Å². The quantitative estimate of drug-likeness (QED) is 0.754. The summed E-state index contributed by atoms with van der Waals surface area (Å²) in [5.41, 5.74) is 2.80. The normalized spacial score (nSPS) is 12.9. The molecule has 1 rings (SSSR count). The Morgan fingerprint density at radius 2 is 2.06 bits per heavy atom. The molecule has 1 unspecified atom stereocenters. The van der Waals surface area contributed by atoms with Crippen LogP contribution in [0.1, 0.15) is 38.3 Å². The van der Waals surface area contributed by atoms with Gasteiger partial charge in [-0.1, -0.05) is 50.6 Å². The van der Waals surface area contributed by atoms with Crippen molar-refractivity contribution in [3.63, 3.8) is 0 Å². The van der Waals surface area contributed by atoms with Gasteiger partial charge < -0.3 is 5.32 Å². The van der Waals surface area contributed by atoms with Crippen LogP contribution in [0, 0.1) is 12.8 Å². The number of aryl methyl sites for hydroxylation is 1. The summed E-state index contributed by atoms with van der Waals surface area (Å²) in [5.74, 6) is 3.03. The van der Waals surface area contributed by atoms with Gasteiger partial charge >= 0.3 is 0 Å².